The number of aliphatic hydroxyl groups excluding tert-OH is 1. The van der Waals surface area contributed by atoms with Crippen LogP contribution in [0.3, 0.4) is 0 Å². The summed E-state index contributed by atoms with van der Waals surface area (Å²) in [7, 11) is 0. The molecule has 1 heterocycles. The molecule has 1 unspecified atom stereocenters. The highest BCUT2D eigenvalue weighted by molar-refractivity contribution is 5.40. The zero-order chi connectivity index (χ0) is 13.0. The van der Waals surface area contributed by atoms with Crippen molar-refractivity contribution in [2.24, 2.45) is 0 Å². The molecule has 0 aromatic heterocycles. The first-order chi connectivity index (χ1) is 8.72. The van der Waals surface area contributed by atoms with E-state index >= 15 is 0 Å². The number of benzene rings is 1. The molecular weight excluding hydrogens is 226 g/mol. The Hall–Kier alpha value is -1.06. The molecule has 2 rings (SSSR count). The number of rotatable bonds is 6. The van der Waals surface area contributed by atoms with Gasteiger partial charge in [-0.3, -0.25) is 4.90 Å². The highest BCUT2D eigenvalue weighted by Crippen LogP contribution is 2.29. The quantitative estimate of drug-likeness (QED) is 0.837. The fourth-order valence-corrected chi connectivity index (χ4v) is 2.51. The van der Waals surface area contributed by atoms with Crippen LogP contribution in [0.15, 0.2) is 18.2 Å². The normalized spacial score (nSPS) is 17.9. The van der Waals surface area contributed by atoms with Gasteiger partial charge in [0.1, 0.15) is 11.9 Å². The molecule has 1 aromatic rings. The number of ether oxygens (including phenoxy) is 1. The summed E-state index contributed by atoms with van der Waals surface area (Å²) in [4.78, 5) is 2.35. The van der Waals surface area contributed by atoms with Gasteiger partial charge >= 0.3 is 0 Å². The summed E-state index contributed by atoms with van der Waals surface area (Å²) >= 11 is 0. The smallest absolute Gasteiger partial charge is 0.123 e. The summed E-state index contributed by atoms with van der Waals surface area (Å²) in [5.41, 5.74) is 2.63. The monoisotopic (exact) mass is 249 g/mol. The molecule has 0 saturated heterocycles. The minimum absolute atomic E-state index is 0.264. The Kier molecular flexibility index (Phi) is 4.61. The number of fused-ring (bicyclic) bond motifs is 1. The molecule has 1 aromatic carbocycles. The van der Waals surface area contributed by atoms with Crippen molar-refractivity contribution in [3.05, 3.63) is 29.3 Å². The van der Waals surface area contributed by atoms with Gasteiger partial charge in [0.25, 0.3) is 0 Å². The summed E-state index contributed by atoms with van der Waals surface area (Å²) < 4.78 is 5.97. The lowest BCUT2D eigenvalue weighted by Crippen LogP contribution is -2.35. The van der Waals surface area contributed by atoms with E-state index in [2.05, 4.69) is 36.9 Å². The maximum atomic E-state index is 8.89. The maximum Gasteiger partial charge on any atom is 0.123 e. The van der Waals surface area contributed by atoms with Crippen LogP contribution >= 0.6 is 0 Å². The van der Waals surface area contributed by atoms with Crippen LogP contribution in [0.4, 0.5) is 0 Å². The van der Waals surface area contributed by atoms with Crippen molar-refractivity contribution < 1.29 is 9.84 Å². The lowest BCUT2D eigenvalue weighted by Gasteiger charge is -2.23. The first-order valence-corrected chi connectivity index (χ1v) is 6.82. The Morgan fingerprint density at radius 2 is 2.28 bits per heavy atom. The number of hydrogen-bond acceptors (Lipinski definition) is 3. The van der Waals surface area contributed by atoms with Gasteiger partial charge in [-0.15, -0.1) is 0 Å². The summed E-state index contributed by atoms with van der Waals surface area (Å²) in [6, 6.07) is 6.40. The Bertz CT molecular complexity index is 392. The van der Waals surface area contributed by atoms with E-state index in [1.807, 2.05) is 0 Å². The molecule has 1 N–H and O–H groups in total. The van der Waals surface area contributed by atoms with Crippen LogP contribution in [-0.2, 0) is 6.42 Å². The molecule has 3 heteroatoms. The molecule has 0 saturated carbocycles. The molecule has 100 valence electrons. The Morgan fingerprint density at radius 3 is 3.00 bits per heavy atom. The summed E-state index contributed by atoms with van der Waals surface area (Å²) in [6.45, 7) is 7.44. The van der Waals surface area contributed by atoms with Crippen LogP contribution in [0.1, 0.15) is 24.5 Å². The molecule has 1 atom stereocenters. The third kappa shape index (κ3) is 3.24. The molecule has 0 spiro atoms. The van der Waals surface area contributed by atoms with Crippen LogP contribution < -0.4 is 4.74 Å². The van der Waals surface area contributed by atoms with E-state index in [1.54, 1.807) is 0 Å². The van der Waals surface area contributed by atoms with Crippen molar-refractivity contribution in [1.29, 1.82) is 0 Å². The van der Waals surface area contributed by atoms with E-state index in [4.69, 9.17) is 9.84 Å². The fourth-order valence-electron chi connectivity index (χ4n) is 2.51. The fraction of sp³-hybridized carbons (Fsp3) is 0.600. The van der Waals surface area contributed by atoms with Crippen molar-refractivity contribution in [1.82, 2.24) is 4.90 Å². The second-order valence-electron chi connectivity index (χ2n) is 5.03. The zero-order valence-corrected chi connectivity index (χ0v) is 11.4. The third-order valence-electron chi connectivity index (χ3n) is 3.50. The van der Waals surface area contributed by atoms with Crippen LogP contribution in [0.2, 0.25) is 0 Å². The Morgan fingerprint density at radius 1 is 1.44 bits per heavy atom. The van der Waals surface area contributed by atoms with Gasteiger partial charge < -0.3 is 9.84 Å². The molecule has 0 radical (unpaired) electrons. The van der Waals surface area contributed by atoms with E-state index in [1.165, 1.54) is 11.1 Å². The minimum atomic E-state index is 0.264. The van der Waals surface area contributed by atoms with Gasteiger partial charge in [0, 0.05) is 26.1 Å². The van der Waals surface area contributed by atoms with Gasteiger partial charge in [-0.2, -0.15) is 0 Å². The summed E-state index contributed by atoms with van der Waals surface area (Å²) in [5.74, 6) is 1.05. The average Bonchev–Trinajstić information content (AvgIpc) is 2.75. The highest BCUT2D eigenvalue weighted by Gasteiger charge is 2.24. The summed E-state index contributed by atoms with van der Waals surface area (Å²) in [6.07, 6.45) is 2.11. The number of aryl methyl sites for hydroxylation is 1. The lowest BCUT2D eigenvalue weighted by atomic mass is 10.1. The molecule has 0 amide bonds. The standard InChI is InChI=1S/C15H23NO2/c1-3-16(7-4-8-17)11-14-10-13-9-12(2)5-6-15(13)18-14/h5-6,9,14,17H,3-4,7-8,10-11H2,1-2H3. The first kappa shape index (κ1) is 13.4. The van der Waals surface area contributed by atoms with E-state index in [0.717, 1.165) is 38.2 Å². The van der Waals surface area contributed by atoms with Crippen LogP contribution in [0, 0.1) is 6.92 Å². The van der Waals surface area contributed by atoms with Crippen molar-refractivity contribution >= 4 is 0 Å². The SMILES string of the molecule is CCN(CCCO)CC1Cc2cc(C)ccc2O1. The third-order valence-corrected chi connectivity index (χ3v) is 3.50. The van der Waals surface area contributed by atoms with E-state index in [9.17, 15) is 0 Å². The zero-order valence-electron chi connectivity index (χ0n) is 11.4. The van der Waals surface area contributed by atoms with Gasteiger partial charge in [-0.05, 0) is 31.5 Å². The maximum absolute atomic E-state index is 8.89. The first-order valence-electron chi connectivity index (χ1n) is 6.82. The molecular formula is C15H23NO2. The van der Waals surface area contributed by atoms with Crippen LogP contribution in [-0.4, -0.2) is 42.4 Å². The van der Waals surface area contributed by atoms with E-state index < -0.39 is 0 Å². The van der Waals surface area contributed by atoms with E-state index in [-0.39, 0.29) is 12.7 Å². The second-order valence-corrected chi connectivity index (χ2v) is 5.03. The van der Waals surface area contributed by atoms with Crippen LogP contribution in [0.25, 0.3) is 0 Å². The van der Waals surface area contributed by atoms with E-state index in [0.29, 0.717) is 0 Å². The summed E-state index contributed by atoms with van der Waals surface area (Å²) in [5, 5.41) is 8.89. The molecule has 3 nitrogen and oxygen atoms in total. The molecule has 0 bridgehead atoms. The van der Waals surface area contributed by atoms with Gasteiger partial charge in [0.05, 0.1) is 0 Å². The Balaban J connectivity index is 1.90. The molecule has 1 aliphatic heterocycles. The largest absolute Gasteiger partial charge is 0.488 e. The van der Waals surface area contributed by atoms with Crippen molar-refractivity contribution in [2.45, 2.75) is 32.8 Å². The topological polar surface area (TPSA) is 32.7 Å². The second kappa shape index (κ2) is 6.21. The molecule has 1 aliphatic rings. The van der Waals surface area contributed by atoms with Crippen LogP contribution in [0.5, 0.6) is 5.75 Å². The predicted octanol–water partition coefficient (Wildman–Crippen LogP) is 2.00. The number of likely N-dealkylation sites (N-methyl/N-ethyl adjacent to an activating group) is 1. The van der Waals surface area contributed by atoms with Gasteiger partial charge in [0.15, 0.2) is 0 Å². The predicted molar refractivity (Wildman–Crippen MR) is 73.1 cm³/mol. The number of nitrogens with zero attached hydrogens (tertiary/aromatic N) is 1. The number of aliphatic hydroxyl groups is 1. The molecule has 0 fully saturated rings. The lowest BCUT2D eigenvalue weighted by molar-refractivity contribution is 0.146. The van der Waals surface area contributed by atoms with Gasteiger partial charge in [-0.25, -0.2) is 0 Å². The Labute approximate surface area is 109 Å². The number of hydrogen-bond donors (Lipinski definition) is 1. The van der Waals surface area contributed by atoms with Gasteiger partial charge in [-0.1, -0.05) is 24.6 Å². The molecule has 0 aliphatic carbocycles. The van der Waals surface area contributed by atoms with Crippen molar-refractivity contribution in [3.63, 3.8) is 0 Å². The van der Waals surface area contributed by atoms with Crippen molar-refractivity contribution in [2.75, 3.05) is 26.2 Å². The highest BCUT2D eigenvalue weighted by atomic mass is 16.5. The van der Waals surface area contributed by atoms with Crippen molar-refractivity contribution in [3.8, 4) is 5.75 Å². The average molecular weight is 249 g/mol. The minimum Gasteiger partial charge on any atom is -0.488 e. The molecule has 18 heavy (non-hydrogen) atoms. The van der Waals surface area contributed by atoms with Gasteiger partial charge in [0.2, 0.25) is 0 Å².